The van der Waals surface area contributed by atoms with Crippen molar-refractivity contribution < 1.29 is 18.8 Å². The average Bonchev–Trinajstić information content (AvgIpc) is 2.93. The number of halogens is 1. The molecule has 0 fully saturated rings. The van der Waals surface area contributed by atoms with Crippen LogP contribution < -0.4 is 0 Å². The second kappa shape index (κ2) is 6.53. The summed E-state index contributed by atoms with van der Waals surface area (Å²) in [4.78, 5) is 39.5. The third-order valence-corrected chi connectivity index (χ3v) is 5.14. The summed E-state index contributed by atoms with van der Waals surface area (Å²) < 4.78 is 14.3. The largest absolute Gasteiger partial charge is 0.325 e. The lowest BCUT2D eigenvalue weighted by atomic mass is 9.80. The number of rotatable bonds is 3. The number of ketones is 2. The van der Waals surface area contributed by atoms with Gasteiger partial charge >= 0.3 is 0 Å². The van der Waals surface area contributed by atoms with Gasteiger partial charge in [-0.05, 0) is 42.0 Å². The van der Waals surface area contributed by atoms with Gasteiger partial charge in [-0.1, -0.05) is 42.5 Å². The fraction of sp³-hybridized carbons (Fsp3) is 0.0870. The lowest BCUT2D eigenvalue weighted by molar-refractivity contribution is -0.126. The summed E-state index contributed by atoms with van der Waals surface area (Å²) in [6.07, 6.45) is 5.97. The standard InChI is InChI=1S/C23H16FNO3/c1-25-22(28)19(21(27)17-9-5-6-10-18(17)24)20(15-7-3-2-4-8-15)23(25)13-11-16(26)12-14-23/h2-14H,1H3. The van der Waals surface area contributed by atoms with Gasteiger partial charge in [0, 0.05) is 12.6 Å². The number of carbonyl (C=O) groups is 3. The normalized spacial score (nSPS) is 17.7. The summed E-state index contributed by atoms with van der Waals surface area (Å²) in [5, 5.41) is 0. The van der Waals surface area contributed by atoms with Gasteiger partial charge in [0.2, 0.25) is 5.78 Å². The molecule has 1 aliphatic heterocycles. The molecule has 28 heavy (non-hydrogen) atoms. The van der Waals surface area contributed by atoms with Crippen LogP contribution in [0.25, 0.3) is 5.57 Å². The first-order valence-electron chi connectivity index (χ1n) is 8.76. The van der Waals surface area contributed by atoms with E-state index < -0.39 is 23.0 Å². The Morgan fingerprint density at radius 1 is 0.929 bits per heavy atom. The summed E-state index contributed by atoms with van der Waals surface area (Å²) in [5.74, 6) is -2.08. The van der Waals surface area contributed by atoms with E-state index in [-0.39, 0.29) is 16.9 Å². The van der Waals surface area contributed by atoms with E-state index in [1.54, 1.807) is 49.5 Å². The molecule has 2 aromatic rings. The number of hydrogen-bond donors (Lipinski definition) is 0. The van der Waals surface area contributed by atoms with Gasteiger partial charge in [0.15, 0.2) is 5.78 Å². The van der Waals surface area contributed by atoms with Crippen molar-refractivity contribution in [2.24, 2.45) is 0 Å². The smallest absolute Gasteiger partial charge is 0.259 e. The van der Waals surface area contributed by atoms with E-state index in [2.05, 4.69) is 0 Å². The third kappa shape index (κ3) is 2.55. The number of allylic oxidation sites excluding steroid dienone is 2. The highest BCUT2D eigenvalue weighted by atomic mass is 19.1. The van der Waals surface area contributed by atoms with E-state index >= 15 is 0 Å². The molecule has 5 heteroatoms. The van der Waals surface area contributed by atoms with Crippen LogP contribution in [0.5, 0.6) is 0 Å². The second-order valence-electron chi connectivity index (χ2n) is 6.68. The van der Waals surface area contributed by atoms with E-state index in [4.69, 9.17) is 0 Å². The maximum absolute atomic E-state index is 14.3. The minimum Gasteiger partial charge on any atom is -0.325 e. The van der Waals surface area contributed by atoms with Crippen LogP contribution in [0, 0.1) is 5.82 Å². The molecule has 1 spiro atoms. The highest BCUT2D eigenvalue weighted by Crippen LogP contribution is 2.45. The summed E-state index contributed by atoms with van der Waals surface area (Å²) in [6.45, 7) is 0. The molecule has 0 atom stereocenters. The quantitative estimate of drug-likeness (QED) is 0.612. The molecular weight excluding hydrogens is 357 g/mol. The molecule has 1 aliphatic carbocycles. The fourth-order valence-corrected chi connectivity index (χ4v) is 3.70. The van der Waals surface area contributed by atoms with Crippen LogP contribution in [-0.2, 0) is 9.59 Å². The van der Waals surface area contributed by atoms with Gasteiger partial charge in [-0.15, -0.1) is 0 Å². The summed E-state index contributed by atoms with van der Waals surface area (Å²) >= 11 is 0. The topological polar surface area (TPSA) is 54.5 Å². The number of hydrogen-bond acceptors (Lipinski definition) is 3. The Morgan fingerprint density at radius 2 is 1.54 bits per heavy atom. The van der Waals surface area contributed by atoms with E-state index in [1.807, 2.05) is 6.07 Å². The SMILES string of the molecule is CN1C(=O)C(C(=O)c2ccccc2F)=C(c2ccccc2)C12C=CC(=O)C=C2. The van der Waals surface area contributed by atoms with Gasteiger partial charge in [0.05, 0.1) is 11.1 Å². The van der Waals surface area contributed by atoms with E-state index in [0.29, 0.717) is 11.1 Å². The number of amides is 1. The van der Waals surface area contributed by atoms with Gasteiger partial charge in [-0.3, -0.25) is 14.4 Å². The highest BCUT2D eigenvalue weighted by molar-refractivity contribution is 6.33. The molecule has 0 saturated carbocycles. The average molecular weight is 373 g/mol. The molecule has 0 unspecified atom stereocenters. The number of nitrogens with zero attached hydrogens (tertiary/aromatic N) is 1. The molecule has 0 radical (unpaired) electrons. The minimum atomic E-state index is -1.08. The van der Waals surface area contributed by atoms with Crippen molar-refractivity contribution in [2.75, 3.05) is 7.05 Å². The Labute approximate surface area is 161 Å². The van der Waals surface area contributed by atoms with Crippen molar-refractivity contribution in [3.63, 3.8) is 0 Å². The molecule has 2 aliphatic rings. The Kier molecular flexibility index (Phi) is 4.15. The third-order valence-electron chi connectivity index (χ3n) is 5.14. The maximum atomic E-state index is 14.3. The van der Waals surface area contributed by atoms with Crippen LogP contribution in [0.2, 0.25) is 0 Å². The van der Waals surface area contributed by atoms with Gasteiger partial charge < -0.3 is 4.90 Å². The predicted octanol–water partition coefficient (Wildman–Crippen LogP) is 3.37. The van der Waals surface area contributed by atoms with Crippen LogP contribution in [0.15, 0.2) is 84.5 Å². The first-order valence-corrected chi connectivity index (χ1v) is 8.76. The van der Waals surface area contributed by atoms with Crippen molar-refractivity contribution in [1.82, 2.24) is 4.90 Å². The molecule has 0 bridgehead atoms. The zero-order valence-electron chi connectivity index (χ0n) is 15.1. The van der Waals surface area contributed by atoms with Crippen molar-refractivity contribution in [2.45, 2.75) is 5.54 Å². The molecule has 138 valence electrons. The van der Waals surface area contributed by atoms with Gasteiger partial charge in [-0.25, -0.2) is 4.39 Å². The Bertz CT molecular complexity index is 1080. The van der Waals surface area contributed by atoms with E-state index in [9.17, 15) is 18.8 Å². The van der Waals surface area contributed by atoms with Gasteiger partial charge in [-0.2, -0.15) is 0 Å². The molecule has 0 aromatic heterocycles. The summed E-state index contributed by atoms with van der Waals surface area (Å²) in [6, 6.07) is 14.6. The Hall–Kier alpha value is -3.60. The first-order chi connectivity index (χ1) is 13.5. The number of carbonyl (C=O) groups excluding carboxylic acids is 3. The fourth-order valence-electron chi connectivity index (χ4n) is 3.70. The molecule has 4 rings (SSSR count). The maximum Gasteiger partial charge on any atom is 0.259 e. The lowest BCUT2D eigenvalue weighted by Gasteiger charge is -2.34. The van der Waals surface area contributed by atoms with Crippen molar-refractivity contribution in [1.29, 1.82) is 0 Å². The van der Waals surface area contributed by atoms with Gasteiger partial charge in [0.25, 0.3) is 5.91 Å². The van der Waals surface area contributed by atoms with E-state index in [1.165, 1.54) is 35.3 Å². The summed E-state index contributed by atoms with van der Waals surface area (Å²) in [7, 11) is 1.57. The van der Waals surface area contributed by atoms with Gasteiger partial charge in [0.1, 0.15) is 11.4 Å². The zero-order chi connectivity index (χ0) is 19.9. The Balaban J connectivity index is 2.01. The van der Waals surface area contributed by atoms with Crippen LogP contribution in [0.1, 0.15) is 15.9 Å². The van der Waals surface area contributed by atoms with Crippen molar-refractivity contribution in [3.8, 4) is 0 Å². The van der Waals surface area contributed by atoms with Crippen LogP contribution >= 0.6 is 0 Å². The second-order valence-corrected chi connectivity index (χ2v) is 6.68. The first kappa shape index (κ1) is 17.8. The number of Topliss-reactive ketones (excluding diaryl/α,β-unsaturated/α-hetero) is 1. The van der Waals surface area contributed by atoms with Crippen LogP contribution in [0.4, 0.5) is 4.39 Å². The molecule has 4 nitrogen and oxygen atoms in total. The molecule has 2 aromatic carbocycles. The van der Waals surface area contributed by atoms with Crippen LogP contribution in [-0.4, -0.2) is 35.0 Å². The number of likely N-dealkylation sites (N-methyl/N-ethyl adjacent to an activating group) is 1. The minimum absolute atomic E-state index is 0.0950. The number of benzene rings is 2. The van der Waals surface area contributed by atoms with E-state index in [0.717, 1.165) is 0 Å². The molecular formula is C23H16FNO3. The molecule has 1 amide bonds. The van der Waals surface area contributed by atoms with Crippen LogP contribution in [0.3, 0.4) is 0 Å². The lowest BCUT2D eigenvalue weighted by Crippen LogP contribution is -2.43. The summed E-state index contributed by atoms with van der Waals surface area (Å²) in [5.41, 5.74) is -0.243. The Morgan fingerprint density at radius 3 is 2.18 bits per heavy atom. The van der Waals surface area contributed by atoms with Crippen molar-refractivity contribution >= 4 is 23.0 Å². The molecule has 0 N–H and O–H groups in total. The molecule has 1 heterocycles. The highest BCUT2D eigenvalue weighted by Gasteiger charge is 2.50. The zero-order valence-corrected chi connectivity index (χ0v) is 15.1. The predicted molar refractivity (Wildman–Crippen MR) is 103 cm³/mol. The molecule has 0 saturated heterocycles. The monoisotopic (exact) mass is 373 g/mol. The van der Waals surface area contributed by atoms with Crippen molar-refractivity contribution in [3.05, 3.63) is 101 Å².